The first-order valence-corrected chi connectivity index (χ1v) is 12.0. The van der Waals surface area contributed by atoms with E-state index in [1.54, 1.807) is 22.7 Å². The van der Waals surface area contributed by atoms with Gasteiger partial charge < -0.3 is 9.62 Å². The van der Waals surface area contributed by atoms with Crippen molar-refractivity contribution < 1.29 is 0 Å². The zero-order valence-electron chi connectivity index (χ0n) is 14.2. The van der Waals surface area contributed by atoms with Crippen LogP contribution in [0.1, 0.15) is 17.2 Å². The fourth-order valence-electron chi connectivity index (χ4n) is 2.51. The minimum atomic E-state index is 0.149. The molecular weight excluding hydrogens is 376 g/mol. The lowest BCUT2D eigenvalue weighted by Gasteiger charge is -2.26. The van der Waals surface area contributed by atoms with Gasteiger partial charge in [0.1, 0.15) is 0 Å². The molecule has 1 atom stereocenters. The highest BCUT2D eigenvalue weighted by Crippen LogP contribution is 2.33. The van der Waals surface area contributed by atoms with Crippen molar-refractivity contribution in [1.29, 1.82) is 0 Å². The highest BCUT2D eigenvalue weighted by Gasteiger charge is 2.18. The zero-order chi connectivity index (χ0) is 17.4. The van der Waals surface area contributed by atoms with Crippen molar-refractivity contribution in [2.45, 2.75) is 6.04 Å². The number of para-hydroxylation sites is 1. The molecule has 0 aromatic heterocycles. The second-order valence-electron chi connectivity index (χ2n) is 5.17. The molecule has 0 aliphatic rings. The first-order valence-electron chi connectivity index (χ1n) is 7.68. The van der Waals surface area contributed by atoms with E-state index < -0.39 is 0 Å². The molecule has 0 saturated carbocycles. The molecule has 2 aromatic rings. The summed E-state index contributed by atoms with van der Waals surface area (Å²) in [5, 5.41) is 4.48. The lowest BCUT2D eigenvalue weighted by atomic mass is 9.97. The van der Waals surface area contributed by atoms with Crippen molar-refractivity contribution in [1.82, 2.24) is 5.32 Å². The van der Waals surface area contributed by atoms with Gasteiger partial charge in [-0.1, -0.05) is 75.5 Å². The summed E-state index contributed by atoms with van der Waals surface area (Å²) in [5.74, 6) is 1.08. The number of nitrogens with zero attached hydrogens (tertiary/aromatic N) is 1. The van der Waals surface area contributed by atoms with Crippen LogP contribution in [0.4, 0.5) is 5.69 Å². The van der Waals surface area contributed by atoms with Crippen molar-refractivity contribution in [3.05, 3.63) is 64.7 Å². The molecule has 0 amide bonds. The molecule has 1 unspecified atom stereocenters. The highest BCUT2D eigenvalue weighted by atomic mass is 35.5. The fourth-order valence-corrected chi connectivity index (χ4v) is 4.11. The normalized spacial score (nSPS) is 12.2. The van der Waals surface area contributed by atoms with Gasteiger partial charge in [0, 0.05) is 30.6 Å². The monoisotopic (exact) mass is 398 g/mol. The number of rotatable bonds is 9. The van der Waals surface area contributed by atoms with Gasteiger partial charge in [-0.15, -0.1) is 0 Å². The number of benzene rings is 2. The van der Waals surface area contributed by atoms with Crippen LogP contribution in [-0.4, -0.2) is 31.9 Å². The summed E-state index contributed by atoms with van der Waals surface area (Å²) in [6.45, 7) is 0.954. The first-order chi connectivity index (χ1) is 11.7. The van der Waals surface area contributed by atoms with Gasteiger partial charge in [0.05, 0.1) is 11.7 Å². The van der Waals surface area contributed by atoms with Gasteiger partial charge in [-0.25, -0.2) is 0 Å². The van der Waals surface area contributed by atoms with E-state index in [-0.39, 0.29) is 6.04 Å². The van der Waals surface area contributed by atoms with E-state index in [1.807, 2.05) is 22.9 Å². The van der Waals surface area contributed by atoms with E-state index in [4.69, 9.17) is 11.6 Å². The summed E-state index contributed by atoms with van der Waals surface area (Å²) >= 11 is 7.79. The average Bonchev–Trinajstić information content (AvgIpc) is 2.62. The molecule has 2 aromatic carbocycles. The molecule has 0 heterocycles. The average molecular weight is 399 g/mol. The van der Waals surface area contributed by atoms with Gasteiger partial charge in [-0.05, 0) is 35.6 Å². The molecule has 0 aliphatic carbocycles. The predicted octanol–water partition coefficient (Wildman–Crippen LogP) is 5.74. The first kappa shape index (κ1) is 19.9. The molecule has 1 N–H and O–H groups in total. The molecule has 0 fully saturated rings. The Balaban J connectivity index is 2.33. The van der Waals surface area contributed by atoms with E-state index in [0.29, 0.717) is 0 Å². The number of hydrogen-bond donors (Lipinski definition) is 1. The van der Waals surface area contributed by atoms with E-state index in [9.17, 15) is 0 Å². The lowest BCUT2D eigenvalue weighted by molar-refractivity contribution is 0.635. The largest absolute Gasteiger partial charge is 0.319 e. The minimum Gasteiger partial charge on any atom is -0.319 e. The van der Waals surface area contributed by atoms with Crippen LogP contribution in [0.3, 0.4) is 0 Å². The Morgan fingerprint density at radius 3 is 2.46 bits per heavy atom. The fraction of sp³-hybridized carbons (Fsp3) is 0.333. The van der Waals surface area contributed by atoms with Crippen molar-refractivity contribution in [3.8, 4) is 0 Å². The number of nitrogens with one attached hydrogen (secondary N) is 1. The standard InChI is InChI=1S/C18H23ClN2S3/c1-21(22-2)17-7-5-4-6-16(17)18(20-12-13-24-23-3)14-8-10-15(19)11-9-14/h4-11,18,20H,12-13H2,1-3H3. The zero-order valence-corrected chi connectivity index (χ0v) is 17.4. The summed E-state index contributed by atoms with van der Waals surface area (Å²) in [5.41, 5.74) is 3.75. The van der Waals surface area contributed by atoms with Crippen molar-refractivity contribution >= 4 is 50.8 Å². The van der Waals surface area contributed by atoms with Crippen LogP contribution < -0.4 is 9.62 Å². The van der Waals surface area contributed by atoms with E-state index in [2.05, 4.69) is 65.6 Å². The van der Waals surface area contributed by atoms with Crippen molar-refractivity contribution in [3.63, 3.8) is 0 Å². The molecule has 0 bridgehead atoms. The molecule has 2 rings (SSSR count). The van der Waals surface area contributed by atoms with Crippen molar-refractivity contribution in [2.75, 3.05) is 36.2 Å². The Morgan fingerprint density at radius 2 is 1.79 bits per heavy atom. The third kappa shape index (κ3) is 5.53. The maximum atomic E-state index is 6.07. The second-order valence-corrected chi connectivity index (χ2v) is 9.20. The third-order valence-electron chi connectivity index (χ3n) is 3.72. The van der Waals surface area contributed by atoms with E-state index >= 15 is 0 Å². The molecule has 130 valence electrons. The third-order valence-corrected chi connectivity index (χ3v) is 6.53. The van der Waals surface area contributed by atoms with Gasteiger partial charge in [0.25, 0.3) is 0 Å². The Labute approximate surface area is 162 Å². The number of hydrogen-bond acceptors (Lipinski definition) is 5. The Bertz CT molecular complexity index is 622. The molecule has 24 heavy (non-hydrogen) atoms. The summed E-state index contributed by atoms with van der Waals surface area (Å²) in [4.78, 5) is 0. The van der Waals surface area contributed by atoms with Crippen LogP contribution in [0.15, 0.2) is 48.5 Å². The molecule has 0 aliphatic heterocycles. The van der Waals surface area contributed by atoms with Crippen molar-refractivity contribution in [2.24, 2.45) is 0 Å². The van der Waals surface area contributed by atoms with Crippen LogP contribution in [0.5, 0.6) is 0 Å². The van der Waals surface area contributed by atoms with Gasteiger partial charge in [-0.2, -0.15) is 0 Å². The molecular formula is C18H23ClN2S3. The minimum absolute atomic E-state index is 0.149. The summed E-state index contributed by atoms with van der Waals surface area (Å²) in [6.07, 6.45) is 4.21. The van der Waals surface area contributed by atoms with Gasteiger partial charge in [0.2, 0.25) is 0 Å². The number of anilines is 1. The van der Waals surface area contributed by atoms with Crippen LogP contribution >= 0.6 is 45.1 Å². The maximum Gasteiger partial charge on any atom is 0.0597 e. The quantitative estimate of drug-likeness (QED) is 0.328. The second kappa shape index (κ2) is 10.5. The van der Waals surface area contributed by atoms with E-state index in [0.717, 1.165) is 17.3 Å². The number of halogens is 1. The Kier molecular flexibility index (Phi) is 8.70. The summed E-state index contributed by atoms with van der Waals surface area (Å²) < 4.78 is 2.20. The SMILES string of the molecule is CSSCCNC(c1ccc(Cl)cc1)c1ccccc1N(C)SC. The smallest absolute Gasteiger partial charge is 0.0597 e. The lowest BCUT2D eigenvalue weighted by Crippen LogP contribution is -2.26. The molecule has 0 radical (unpaired) electrons. The maximum absolute atomic E-state index is 6.07. The summed E-state index contributed by atoms with van der Waals surface area (Å²) in [6, 6.07) is 16.9. The van der Waals surface area contributed by atoms with Crippen LogP contribution in [0.25, 0.3) is 0 Å². The Hall–Kier alpha value is -0.460. The molecule has 6 heteroatoms. The highest BCUT2D eigenvalue weighted by molar-refractivity contribution is 8.76. The topological polar surface area (TPSA) is 15.3 Å². The molecule has 0 spiro atoms. The van der Waals surface area contributed by atoms with Crippen LogP contribution in [0.2, 0.25) is 5.02 Å². The van der Waals surface area contributed by atoms with Crippen LogP contribution in [0, 0.1) is 0 Å². The van der Waals surface area contributed by atoms with E-state index in [1.165, 1.54) is 16.8 Å². The Morgan fingerprint density at radius 1 is 1.08 bits per heavy atom. The van der Waals surface area contributed by atoms with Crippen LogP contribution in [-0.2, 0) is 0 Å². The summed E-state index contributed by atoms with van der Waals surface area (Å²) in [7, 11) is 5.79. The van der Waals surface area contributed by atoms with Gasteiger partial charge in [0.15, 0.2) is 0 Å². The molecule has 2 nitrogen and oxygen atoms in total. The van der Waals surface area contributed by atoms with Gasteiger partial charge in [-0.3, -0.25) is 0 Å². The predicted molar refractivity (Wildman–Crippen MR) is 116 cm³/mol. The van der Waals surface area contributed by atoms with Gasteiger partial charge >= 0.3 is 0 Å². The molecule has 0 saturated heterocycles.